The van der Waals surface area contributed by atoms with E-state index in [1.54, 1.807) is 30.5 Å². The topological polar surface area (TPSA) is 92.1 Å². The molecule has 31 heavy (non-hydrogen) atoms. The van der Waals surface area contributed by atoms with E-state index >= 15 is 0 Å². The number of hydrogen-bond acceptors (Lipinski definition) is 4. The number of benzene rings is 2. The van der Waals surface area contributed by atoms with Crippen LogP contribution in [0.15, 0.2) is 58.6 Å². The van der Waals surface area contributed by atoms with Gasteiger partial charge in [-0.3, -0.25) is 9.59 Å². The summed E-state index contributed by atoms with van der Waals surface area (Å²) in [5, 5.41) is 10.5. The Labute approximate surface area is 179 Å². The van der Waals surface area contributed by atoms with Crippen LogP contribution in [-0.2, 0) is 13.0 Å². The summed E-state index contributed by atoms with van der Waals surface area (Å²) in [6.45, 7) is 4.63. The van der Waals surface area contributed by atoms with Gasteiger partial charge in [0.1, 0.15) is 0 Å². The van der Waals surface area contributed by atoms with Crippen molar-refractivity contribution in [2.45, 2.75) is 39.7 Å². The summed E-state index contributed by atoms with van der Waals surface area (Å²) in [7, 11) is 0. The Kier molecular flexibility index (Phi) is 5.93. The SMILES string of the molecule is CCCCn1nc(C(=O)N/N=C/c2c[nH]c3c(CC)cccc23)c2ccccc2c1=O. The van der Waals surface area contributed by atoms with E-state index in [1.165, 1.54) is 10.2 Å². The first-order valence-corrected chi connectivity index (χ1v) is 10.6. The maximum absolute atomic E-state index is 12.9. The van der Waals surface area contributed by atoms with Crippen LogP contribution in [0.2, 0.25) is 0 Å². The molecule has 0 saturated carbocycles. The fraction of sp³-hybridized carbons (Fsp3) is 0.250. The predicted octanol–water partition coefficient (Wildman–Crippen LogP) is 4.00. The number of aromatic nitrogens is 3. The number of carbonyl (C=O) groups excluding carboxylic acids is 1. The van der Waals surface area contributed by atoms with Crippen molar-refractivity contribution in [1.29, 1.82) is 0 Å². The minimum absolute atomic E-state index is 0.186. The van der Waals surface area contributed by atoms with Crippen molar-refractivity contribution in [3.8, 4) is 0 Å². The first-order valence-electron chi connectivity index (χ1n) is 10.6. The van der Waals surface area contributed by atoms with Gasteiger partial charge in [-0.1, -0.05) is 56.7 Å². The zero-order valence-corrected chi connectivity index (χ0v) is 17.7. The highest BCUT2D eigenvalue weighted by atomic mass is 16.2. The second-order valence-corrected chi connectivity index (χ2v) is 7.41. The van der Waals surface area contributed by atoms with Crippen molar-refractivity contribution in [2.24, 2.45) is 5.10 Å². The van der Waals surface area contributed by atoms with E-state index in [9.17, 15) is 9.59 Å². The highest BCUT2D eigenvalue weighted by molar-refractivity contribution is 6.05. The van der Waals surface area contributed by atoms with E-state index in [-0.39, 0.29) is 11.3 Å². The third-order valence-electron chi connectivity index (χ3n) is 5.39. The van der Waals surface area contributed by atoms with Crippen molar-refractivity contribution < 1.29 is 4.79 Å². The molecular weight excluding hydrogens is 390 g/mol. The van der Waals surface area contributed by atoms with E-state index < -0.39 is 5.91 Å². The van der Waals surface area contributed by atoms with Crippen LogP contribution in [0.1, 0.15) is 48.3 Å². The number of para-hydroxylation sites is 1. The van der Waals surface area contributed by atoms with Gasteiger partial charge in [-0.05, 0) is 24.5 Å². The standard InChI is InChI=1S/C24H25N5O2/c1-3-5-13-29-24(31)20-11-7-6-10-19(20)22(28-29)23(30)27-26-15-17-14-25-21-16(4-2)9-8-12-18(17)21/h6-12,14-15,25H,3-5,13H2,1-2H3,(H,27,30)/b26-15+. The number of unbranched alkanes of at least 4 members (excludes halogenated alkanes) is 1. The third kappa shape index (κ3) is 3.99. The van der Waals surface area contributed by atoms with Crippen LogP contribution in [0, 0.1) is 0 Å². The molecule has 4 aromatic rings. The van der Waals surface area contributed by atoms with Gasteiger partial charge < -0.3 is 4.98 Å². The molecule has 0 unspecified atom stereocenters. The molecule has 0 saturated heterocycles. The lowest BCUT2D eigenvalue weighted by atomic mass is 10.1. The lowest BCUT2D eigenvalue weighted by molar-refractivity contribution is 0.0949. The van der Waals surface area contributed by atoms with Gasteiger partial charge in [-0.15, -0.1) is 0 Å². The number of H-pyrrole nitrogens is 1. The molecule has 2 aromatic heterocycles. The van der Waals surface area contributed by atoms with Crippen molar-refractivity contribution >= 4 is 33.8 Å². The van der Waals surface area contributed by atoms with E-state index in [4.69, 9.17) is 0 Å². The number of fused-ring (bicyclic) bond motifs is 2. The van der Waals surface area contributed by atoms with Crippen LogP contribution < -0.4 is 11.0 Å². The van der Waals surface area contributed by atoms with Gasteiger partial charge >= 0.3 is 0 Å². The number of aromatic amines is 1. The number of nitrogens with one attached hydrogen (secondary N) is 2. The normalized spacial score (nSPS) is 11.5. The smallest absolute Gasteiger partial charge is 0.292 e. The average Bonchev–Trinajstić information content (AvgIpc) is 3.22. The van der Waals surface area contributed by atoms with Gasteiger partial charge in [0.2, 0.25) is 0 Å². The highest BCUT2D eigenvalue weighted by Gasteiger charge is 2.16. The van der Waals surface area contributed by atoms with Gasteiger partial charge in [-0.2, -0.15) is 10.2 Å². The zero-order valence-electron chi connectivity index (χ0n) is 17.7. The van der Waals surface area contributed by atoms with Crippen LogP contribution >= 0.6 is 0 Å². The molecule has 4 rings (SSSR count). The van der Waals surface area contributed by atoms with Crippen LogP contribution in [0.5, 0.6) is 0 Å². The number of hydrazone groups is 1. The minimum atomic E-state index is -0.452. The minimum Gasteiger partial charge on any atom is -0.360 e. The Morgan fingerprint density at radius 2 is 1.90 bits per heavy atom. The summed E-state index contributed by atoms with van der Waals surface area (Å²) in [6.07, 6.45) is 6.16. The van der Waals surface area contributed by atoms with Gasteiger partial charge in [0.05, 0.1) is 11.6 Å². The Balaban J connectivity index is 1.63. The van der Waals surface area contributed by atoms with Crippen molar-refractivity contribution in [1.82, 2.24) is 20.2 Å². The summed E-state index contributed by atoms with van der Waals surface area (Å²) in [6, 6.07) is 13.2. The summed E-state index contributed by atoms with van der Waals surface area (Å²) < 4.78 is 1.37. The first-order chi connectivity index (χ1) is 15.1. The molecule has 0 aliphatic carbocycles. The van der Waals surface area contributed by atoms with Crippen LogP contribution in [0.3, 0.4) is 0 Å². The first kappa shape index (κ1) is 20.5. The number of rotatable bonds is 7. The lowest BCUT2D eigenvalue weighted by Gasteiger charge is -2.09. The summed E-state index contributed by atoms with van der Waals surface area (Å²) in [5.74, 6) is -0.452. The summed E-state index contributed by atoms with van der Waals surface area (Å²) in [4.78, 5) is 28.8. The fourth-order valence-electron chi connectivity index (χ4n) is 3.72. The van der Waals surface area contributed by atoms with Crippen molar-refractivity contribution in [2.75, 3.05) is 0 Å². The third-order valence-corrected chi connectivity index (χ3v) is 5.39. The molecule has 7 heteroatoms. The monoisotopic (exact) mass is 415 g/mol. The summed E-state index contributed by atoms with van der Waals surface area (Å²) >= 11 is 0. The number of nitrogens with zero attached hydrogens (tertiary/aromatic N) is 3. The maximum atomic E-state index is 12.9. The van der Waals surface area contributed by atoms with Crippen LogP contribution in [0.25, 0.3) is 21.7 Å². The Bertz CT molecular complexity index is 1330. The average molecular weight is 415 g/mol. The molecule has 0 fully saturated rings. The molecule has 0 aliphatic heterocycles. The second-order valence-electron chi connectivity index (χ2n) is 7.41. The van der Waals surface area contributed by atoms with Crippen LogP contribution in [-0.4, -0.2) is 26.9 Å². The molecular formula is C24H25N5O2. The Morgan fingerprint density at radius 1 is 1.13 bits per heavy atom. The summed E-state index contributed by atoms with van der Waals surface area (Å²) in [5.41, 5.74) is 5.76. The van der Waals surface area contributed by atoms with E-state index in [1.807, 2.05) is 25.3 Å². The van der Waals surface area contributed by atoms with Gasteiger partial charge in [0, 0.05) is 34.6 Å². The zero-order chi connectivity index (χ0) is 21.8. The van der Waals surface area contributed by atoms with Crippen molar-refractivity contribution in [3.63, 3.8) is 0 Å². The van der Waals surface area contributed by atoms with Gasteiger partial charge in [-0.25, -0.2) is 10.1 Å². The molecule has 2 heterocycles. The molecule has 1 amide bonds. The maximum Gasteiger partial charge on any atom is 0.292 e. The number of hydrogen-bond donors (Lipinski definition) is 2. The molecule has 2 aromatic carbocycles. The van der Waals surface area contributed by atoms with E-state index in [0.29, 0.717) is 17.3 Å². The molecule has 0 bridgehead atoms. The Hall–Kier alpha value is -3.74. The predicted molar refractivity (Wildman–Crippen MR) is 124 cm³/mol. The fourth-order valence-corrected chi connectivity index (χ4v) is 3.72. The molecule has 0 atom stereocenters. The van der Waals surface area contributed by atoms with Crippen LogP contribution in [0.4, 0.5) is 0 Å². The quantitative estimate of drug-likeness (QED) is 0.353. The number of carbonyl (C=O) groups is 1. The van der Waals surface area contributed by atoms with Gasteiger partial charge in [0.25, 0.3) is 11.5 Å². The number of aryl methyl sites for hydroxylation is 2. The Morgan fingerprint density at radius 3 is 2.68 bits per heavy atom. The molecule has 158 valence electrons. The van der Waals surface area contributed by atoms with E-state index in [0.717, 1.165) is 35.7 Å². The largest absolute Gasteiger partial charge is 0.360 e. The van der Waals surface area contributed by atoms with E-state index in [2.05, 4.69) is 33.6 Å². The molecule has 0 spiro atoms. The molecule has 0 radical (unpaired) electrons. The molecule has 0 aliphatic rings. The lowest BCUT2D eigenvalue weighted by Crippen LogP contribution is -2.29. The highest BCUT2D eigenvalue weighted by Crippen LogP contribution is 2.21. The second kappa shape index (κ2) is 8.95. The van der Waals surface area contributed by atoms with Crippen molar-refractivity contribution in [3.05, 3.63) is 75.8 Å². The molecule has 2 N–H and O–H groups in total. The molecule has 7 nitrogen and oxygen atoms in total. The number of amides is 1. The van der Waals surface area contributed by atoms with Gasteiger partial charge in [0.15, 0.2) is 5.69 Å².